The number of nitrogens with one attached hydrogen (secondary N) is 2. The number of nitrogens with two attached hydrogens (primary N) is 1. The molecule has 1 aliphatic carbocycles. The van der Waals surface area contributed by atoms with E-state index in [1.54, 1.807) is 13.1 Å². The highest BCUT2D eigenvalue weighted by molar-refractivity contribution is 5.96. The lowest BCUT2D eigenvalue weighted by Crippen LogP contribution is -2.38. The van der Waals surface area contributed by atoms with Gasteiger partial charge in [0, 0.05) is 37.8 Å². The summed E-state index contributed by atoms with van der Waals surface area (Å²) in [7, 11) is 5.43. The second kappa shape index (κ2) is 12.3. The van der Waals surface area contributed by atoms with Crippen LogP contribution in [0.15, 0.2) is 36.4 Å². The highest BCUT2D eigenvalue weighted by Crippen LogP contribution is 2.41. The second-order valence-electron chi connectivity index (χ2n) is 9.31. The van der Waals surface area contributed by atoms with Gasteiger partial charge in [0.25, 0.3) is 5.91 Å². The zero-order valence-electron chi connectivity index (χ0n) is 21.4. The molecule has 1 fully saturated rings. The van der Waals surface area contributed by atoms with E-state index in [1.807, 2.05) is 50.2 Å². The molecule has 2 aromatic rings. The number of carbonyl (C=O) groups is 3. The van der Waals surface area contributed by atoms with E-state index in [-0.39, 0.29) is 24.1 Å². The number of carbonyl (C=O) groups excluding carboxylic acids is 3. The van der Waals surface area contributed by atoms with Crippen molar-refractivity contribution in [2.45, 2.75) is 32.1 Å². The van der Waals surface area contributed by atoms with Crippen LogP contribution in [0, 0.1) is 6.92 Å². The zero-order chi connectivity index (χ0) is 26.2. The number of hydrogen-bond donors (Lipinski definition) is 3. The van der Waals surface area contributed by atoms with Gasteiger partial charge < -0.3 is 26.2 Å². The Balaban J connectivity index is 1.55. The Morgan fingerprint density at radius 2 is 1.92 bits per heavy atom. The Morgan fingerprint density at radius 1 is 1.17 bits per heavy atom. The van der Waals surface area contributed by atoms with Gasteiger partial charge in [-0.3, -0.25) is 14.4 Å². The van der Waals surface area contributed by atoms with E-state index in [4.69, 9.17) is 5.73 Å². The summed E-state index contributed by atoms with van der Waals surface area (Å²) in [5.41, 5.74) is 9.02. The molecule has 0 aliphatic heterocycles. The van der Waals surface area contributed by atoms with E-state index in [0.717, 1.165) is 35.5 Å². The first-order valence-electron chi connectivity index (χ1n) is 12.0. The molecule has 1 aromatic heterocycles. The number of aryl methyl sites for hydroxylation is 1. The molecule has 10 heteroatoms. The highest BCUT2D eigenvalue weighted by Gasteiger charge is 2.29. The maximum absolute atomic E-state index is 12.3. The van der Waals surface area contributed by atoms with Crippen molar-refractivity contribution in [3.8, 4) is 0 Å². The quantitative estimate of drug-likeness (QED) is 0.384. The molecular weight excluding hydrogens is 458 g/mol. The minimum atomic E-state index is -0.633. The van der Waals surface area contributed by atoms with E-state index in [9.17, 15) is 14.4 Å². The summed E-state index contributed by atoms with van der Waals surface area (Å²) < 4.78 is 0. The monoisotopic (exact) mass is 493 g/mol. The third-order valence-electron chi connectivity index (χ3n) is 5.72. The summed E-state index contributed by atoms with van der Waals surface area (Å²) in [5.74, 6) is -0.336. The molecule has 0 saturated heterocycles. The molecule has 0 radical (unpaired) electrons. The lowest BCUT2D eigenvalue weighted by Gasteiger charge is -2.15. The van der Waals surface area contributed by atoms with E-state index >= 15 is 0 Å². The molecule has 0 spiro atoms. The van der Waals surface area contributed by atoms with E-state index < -0.39 is 5.91 Å². The standard InChI is InChI=1S/C26H35N7O3/c1-17-23(19-10-11-19)31-26(24(29-17)25(27)36)30-20-8-5-7-18(15-20)12-13-28-21(34)16-33(4)22(35)9-6-14-32(2)3/h5-9,15,19H,10-14,16H2,1-4H3,(H2,27,36)(H,28,34)(H,30,31)/b9-6+. The number of amides is 3. The number of hydrogen-bond acceptors (Lipinski definition) is 7. The van der Waals surface area contributed by atoms with Gasteiger partial charge in [-0.05, 0) is 58.0 Å². The molecule has 1 heterocycles. The van der Waals surface area contributed by atoms with E-state index in [2.05, 4.69) is 20.6 Å². The minimum absolute atomic E-state index is 0.0158. The van der Waals surface area contributed by atoms with Crippen LogP contribution in [0.1, 0.15) is 46.2 Å². The van der Waals surface area contributed by atoms with Gasteiger partial charge >= 0.3 is 0 Å². The molecule has 1 aromatic carbocycles. The molecule has 192 valence electrons. The van der Waals surface area contributed by atoms with Crippen molar-refractivity contribution in [1.29, 1.82) is 0 Å². The number of anilines is 2. The topological polar surface area (TPSA) is 134 Å². The van der Waals surface area contributed by atoms with Crippen molar-refractivity contribution in [2.24, 2.45) is 5.73 Å². The van der Waals surface area contributed by atoms with Crippen molar-refractivity contribution >= 4 is 29.2 Å². The molecule has 10 nitrogen and oxygen atoms in total. The first-order valence-corrected chi connectivity index (χ1v) is 12.0. The second-order valence-corrected chi connectivity index (χ2v) is 9.31. The maximum Gasteiger partial charge on any atom is 0.271 e. The summed E-state index contributed by atoms with van der Waals surface area (Å²) in [6.45, 7) is 2.91. The lowest BCUT2D eigenvalue weighted by atomic mass is 10.1. The Labute approximate surface area is 212 Å². The van der Waals surface area contributed by atoms with Gasteiger partial charge in [-0.2, -0.15) is 0 Å². The molecule has 0 unspecified atom stereocenters. The predicted octanol–water partition coefficient (Wildman–Crippen LogP) is 1.74. The van der Waals surface area contributed by atoms with Gasteiger partial charge in [0.15, 0.2) is 11.5 Å². The fourth-order valence-electron chi connectivity index (χ4n) is 3.66. The molecule has 3 amide bonds. The van der Waals surface area contributed by atoms with Crippen LogP contribution >= 0.6 is 0 Å². The molecule has 3 rings (SSSR count). The number of primary amides is 1. The minimum Gasteiger partial charge on any atom is -0.364 e. The normalized spacial score (nSPS) is 13.1. The van der Waals surface area contributed by atoms with Gasteiger partial charge in [0.2, 0.25) is 11.8 Å². The summed E-state index contributed by atoms with van der Waals surface area (Å²) >= 11 is 0. The largest absolute Gasteiger partial charge is 0.364 e. The van der Waals surface area contributed by atoms with Gasteiger partial charge in [0.1, 0.15) is 0 Å². The number of nitrogens with zero attached hydrogens (tertiary/aromatic N) is 4. The summed E-state index contributed by atoms with van der Waals surface area (Å²) in [6, 6.07) is 7.64. The molecule has 0 atom stereocenters. The van der Waals surface area contributed by atoms with Gasteiger partial charge in [-0.1, -0.05) is 18.2 Å². The third-order valence-corrected chi connectivity index (χ3v) is 5.72. The van der Waals surface area contributed by atoms with E-state index in [0.29, 0.717) is 31.2 Å². The van der Waals surface area contributed by atoms with Crippen molar-refractivity contribution in [3.63, 3.8) is 0 Å². The highest BCUT2D eigenvalue weighted by atomic mass is 16.2. The summed E-state index contributed by atoms with van der Waals surface area (Å²) in [6.07, 6.45) is 5.98. The Hall–Kier alpha value is -3.79. The zero-order valence-corrected chi connectivity index (χ0v) is 21.4. The van der Waals surface area contributed by atoms with E-state index in [1.165, 1.54) is 11.0 Å². The molecule has 4 N–H and O–H groups in total. The fourth-order valence-corrected chi connectivity index (χ4v) is 3.66. The van der Waals surface area contributed by atoms with Crippen molar-refractivity contribution in [2.75, 3.05) is 46.1 Å². The number of benzene rings is 1. The van der Waals surface area contributed by atoms with Crippen LogP contribution in [0.5, 0.6) is 0 Å². The average Bonchev–Trinajstić information content (AvgIpc) is 3.65. The molecule has 1 aliphatic rings. The fraction of sp³-hybridized carbons (Fsp3) is 0.423. The third kappa shape index (κ3) is 7.88. The number of rotatable bonds is 12. The predicted molar refractivity (Wildman–Crippen MR) is 139 cm³/mol. The molecule has 36 heavy (non-hydrogen) atoms. The number of aromatic nitrogens is 2. The van der Waals surface area contributed by atoms with Crippen LogP contribution < -0.4 is 16.4 Å². The van der Waals surface area contributed by atoms with Crippen molar-refractivity contribution in [1.82, 2.24) is 25.1 Å². The Bertz CT molecular complexity index is 1140. The first-order chi connectivity index (χ1) is 17.1. The van der Waals surface area contributed by atoms with Crippen LogP contribution in [-0.2, 0) is 16.0 Å². The molecule has 1 saturated carbocycles. The van der Waals surface area contributed by atoms with Crippen LogP contribution in [0.4, 0.5) is 11.5 Å². The summed E-state index contributed by atoms with van der Waals surface area (Å²) in [5, 5.41) is 6.04. The van der Waals surface area contributed by atoms with Crippen molar-refractivity contribution in [3.05, 3.63) is 59.1 Å². The van der Waals surface area contributed by atoms with Gasteiger partial charge in [-0.25, -0.2) is 9.97 Å². The molecular formula is C26H35N7O3. The Morgan fingerprint density at radius 3 is 2.58 bits per heavy atom. The molecule has 0 bridgehead atoms. The maximum atomic E-state index is 12.3. The summed E-state index contributed by atoms with van der Waals surface area (Å²) in [4.78, 5) is 48.7. The van der Waals surface area contributed by atoms with Crippen LogP contribution in [0.3, 0.4) is 0 Å². The van der Waals surface area contributed by atoms with Crippen LogP contribution in [-0.4, -0.2) is 78.3 Å². The van der Waals surface area contributed by atoms with Gasteiger partial charge in [0.05, 0.1) is 17.9 Å². The average molecular weight is 494 g/mol. The SMILES string of the molecule is Cc1nc(C(N)=O)c(Nc2cccc(CCNC(=O)CN(C)C(=O)/C=C/CN(C)C)c2)nc1C1CC1. The number of likely N-dealkylation sites (N-methyl/N-ethyl adjacent to an activating group) is 2. The lowest BCUT2D eigenvalue weighted by molar-refractivity contribution is -0.131. The Kier molecular flexibility index (Phi) is 9.13. The van der Waals surface area contributed by atoms with Gasteiger partial charge in [-0.15, -0.1) is 0 Å². The smallest absolute Gasteiger partial charge is 0.271 e. The van der Waals surface area contributed by atoms with Crippen molar-refractivity contribution < 1.29 is 14.4 Å². The van der Waals surface area contributed by atoms with Crippen LogP contribution in [0.2, 0.25) is 0 Å². The van der Waals surface area contributed by atoms with Crippen LogP contribution in [0.25, 0.3) is 0 Å². The first kappa shape index (κ1) is 26.8.